The minimum Gasteiger partial charge on any atom is -0.480 e. The lowest BCUT2D eigenvalue weighted by molar-refractivity contribution is -0.142. The second-order valence-corrected chi connectivity index (χ2v) is 7.49. The Bertz CT molecular complexity index is 663. The van der Waals surface area contributed by atoms with Crippen molar-refractivity contribution in [2.75, 3.05) is 0 Å². The van der Waals surface area contributed by atoms with Crippen molar-refractivity contribution in [1.82, 2.24) is 10.3 Å². The molecule has 0 radical (unpaired) electrons. The smallest absolute Gasteiger partial charge is 0.326 e. The van der Waals surface area contributed by atoms with Crippen LogP contribution >= 0.6 is 11.3 Å². The van der Waals surface area contributed by atoms with Gasteiger partial charge < -0.3 is 10.4 Å². The third-order valence-electron chi connectivity index (χ3n) is 3.72. The number of aryl methyl sites for hydroxylation is 1. The van der Waals surface area contributed by atoms with Crippen molar-refractivity contribution in [2.45, 2.75) is 52.0 Å². The Kier molecular flexibility index (Phi) is 6.73. The summed E-state index contributed by atoms with van der Waals surface area (Å²) in [5.74, 6) is -0.927. The summed E-state index contributed by atoms with van der Waals surface area (Å²) >= 11 is 1.69. The van der Waals surface area contributed by atoms with Gasteiger partial charge in [-0.05, 0) is 43.7 Å². The van der Waals surface area contributed by atoms with Crippen LogP contribution < -0.4 is 5.32 Å². The topological polar surface area (TPSA) is 79.3 Å². The first-order chi connectivity index (χ1) is 11.5. The summed E-state index contributed by atoms with van der Waals surface area (Å²) in [6.45, 7) is 3.89. The van der Waals surface area contributed by atoms with Gasteiger partial charge in [-0.1, -0.05) is 26.0 Å². The van der Waals surface area contributed by atoms with Gasteiger partial charge in [0.15, 0.2) is 0 Å². The first-order valence-corrected chi connectivity index (χ1v) is 9.14. The molecule has 5 nitrogen and oxygen atoms in total. The lowest BCUT2D eigenvalue weighted by atomic mass is 10.0. The molecule has 0 fully saturated rings. The number of nitrogens with one attached hydrogen (secondary N) is 1. The second kappa shape index (κ2) is 8.78. The SMILES string of the molecule is CC(C)C[C@@H](NC(=O)CCCCc1nc2ccccc2s1)C(=O)O. The Morgan fingerprint density at radius 2 is 2.00 bits per heavy atom. The predicted molar refractivity (Wildman–Crippen MR) is 96.2 cm³/mol. The molecule has 1 atom stereocenters. The zero-order valence-corrected chi connectivity index (χ0v) is 14.9. The maximum absolute atomic E-state index is 11.9. The molecular weight excluding hydrogens is 324 g/mol. The molecule has 130 valence electrons. The summed E-state index contributed by atoms with van der Waals surface area (Å²) in [7, 11) is 0. The van der Waals surface area contributed by atoms with Crippen LogP contribution in [0.15, 0.2) is 24.3 Å². The van der Waals surface area contributed by atoms with Gasteiger partial charge >= 0.3 is 5.97 Å². The van der Waals surface area contributed by atoms with Crippen molar-refractivity contribution >= 4 is 33.4 Å². The van der Waals surface area contributed by atoms with Gasteiger partial charge in [0.2, 0.25) is 5.91 Å². The summed E-state index contributed by atoms with van der Waals surface area (Å²) in [6.07, 6.45) is 3.26. The Hall–Kier alpha value is -1.95. The maximum atomic E-state index is 11.9. The van der Waals surface area contributed by atoms with E-state index in [1.54, 1.807) is 11.3 Å². The molecule has 2 aromatic rings. The molecule has 6 heteroatoms. The van der Waals surface area contributed by atoms with Crippen molar-refractivity contribution < 1.29 is 14.7 Å². The van der Waals surface area contributed by atoms with E-state index in [9.17, 15) is 9.59 Å². The van der Waals surface area contributed by atoms with E-state index in [4.69, 9.17) is 5.11 Å². The zero-order valence-electron chi connectivity index (χ0n) is 14.1. The number of carboxylic acids is 1. The number of hydrogen-bond acceptors (Lipinski definition) is 4. The molecule has 0 saturated heterocycles. The van der Waals surface area contributed by atoms with Crippen LogP contribution in [0.2, 0.25) is 0 Å². The summed E-state index contributed by atoms with van der Waals surface area (Å²) in [6, 6.07) is 7.26. The van der Waals surface area contributed by atoms with E-state index in [0.29, 0.717) is 12.8 Å². The number of amides is 1. The molecule has 0 spiro atoms. The third kappa shape index (κ3) is 5.60. The van der Waals surface area contributed by atoms with Crippen LogP contribution in [0, 0.1) is 5.92 Å². The highest BCUT2D eigenvalue weighted by atomic mass is 32.1. The third-order valence-corrected chi connectivity index (χ3v) is 4.82. The number of rotatable bonds is 9. The number of unbranched alkanes of at least 4 members (excludes halogenated alkanes) is 1. The van der Waals surface area contributed by atoms with Gasteiger partial charge in [0.05, 0.1) is 15.2 Å². The first kappa shape index (κ1) is 18.4. The van der Waals surface area contributed by atoms with Crippen molar-refractivity contribution in [3.63, 3.8) is 0 Å². The second-order valence-electron chi connectivity index (χ2n) is 6.37. The number of hydrogen-bond donors (Lipinski definition) is 2. The minimum absolute atomic E-state index is 0.188. The molecule has 1 aromatic heterocycles. The zero-order chi connectivity index (χ0) is 17.5. The van der Waals surface area contributed by atoms with Crippen LogP contribution in [0.3, 0.4) is 0 Å². The van der Waals surface area contributed by atoms with Gasteiger partial charge in [-0.15, -0.1) is 11.3 Å². The molecule has 1 amide bonds. The molecule has 24 heavy (non-hydrogen) atoms. The van der Waals surface area contributed by atoms with E-state index in [2.05, 4.69) is 16.4 Å². The fourth-order valence-electron chi connectivity index (χ4n) is 2.55. The van der Waals surface area contributed by atoms with Crippen LogP contribution in [-0.4, -0.2) is 28.0 Å². The van der Waals surface area contributed by atoms with E-state index in [-0.39, 0.29) is 11.8 Å². The van der Waals surface area contributed by atoms with Gasteiger partial charge in [-0.2, -0.15) is 0 Å². The number of fused-ring (bicyclic) bond motifs is 1. The van der Waals surface area contributed by atoms with Crippen molar-refractivity contribution in [3.05, 3.63) is 29.3 Å². The van der Waals surface area contributed by atoms with Crippen LogP contribution in [0.5, 0.6) is 0 Å². The van der Waals surface area contributed by atoms with Gasteiger partial charge in [0.25, 0.3) is 0 Å². The van der Waals surface area contributed by atoms with E-state index in [1.807, 2.05) is 32.0 Å². The molecule has 0 bridgehead atoms. The number of carbonyl (C=O) groups is 2. The minimum atomic E-state index is -0.966. The molecule has 0 saturated carbocycles. The highest BCUT2D eigenvalue weighted by molar-refractivity contribution is 7.18. The van der Waals surface area contributed by atoms with Gasteiger partial charge in [-0.25, -0.2) is 9.78 Å². The number of para-hydroxylation sites is 1. The lowest BCUT2D eigenvalue weighted by Crippen LogP contribution is -2.41. The fourth-order valence-corrected chi connectivity index (χ4v) is 3.56. The van der Waals surface area contributed by atoms with Crippen molar-refractivity contribution in [3.8, 4) is 0 Å². The Morgan fingerprint density at radius 1 is 1.25 bits per heavy atom. The molecule has 2 N–H and O–H groups in total. The number of thiazole rings is 1. The Morgan fingerprint density at radius 3 is 2.67 bits per heavy atom. The van der Waals surface area contributed by atoms with Gasteiger partial charge in [-0.3, -0.25) is 4.79 Å². The summed E-state index contributed by atoms with van der Waals surface area (Å²) in [5, 5.41) is 12.8. The number of aromatic nitrogens is 1. The van der Waals surface area contributed by atoms with E-state index in [1.165, 1.54) is 4.70 Å². The van der Waals surface area contributed by atoms with E-state index < -0.39 is 12.0 Å². The maximum Gasteiger partial charge on any atom is 0.326 e. The number of nitrogens with zero attached hydrogens (tertiary/aromatic N) is 1. The van der Waals surface area contributed by atoms with Crippen LogP contribution in [0.25, 0.3) is 10.2 Å². The Labute approximate surface area is 146 Å². The number of aliphatic carboxylic acids is 1. The number of benzene rings is 1. The van der Waals surface area contributed by atoms with Gasteiger partial charge in [0.1, 0.15) is 6.04 Å². The van der Waals surface area contributed by atoms with Crippen LogP contribution in [-0.2, 0) is 16.0 Å². The largest absolute Gasteiger partial charge is 0.480 e. The predicted octanol–water partition coefficient (Wildman–Crippen LogP) is 3.62. The molecular formula is C18H24N2O3S. The van der Waals surface area contributed by atoms with Gasteiger partial charge in [0, 0.05) is 6.42 Å². The first-order valence-electron chi connectivity index (χ1n) is 8.32. The van der Waals surface area contributed by atoms with E-state index >= 15 is 0 Å². The summed E-state index contributed by atoms with van der Waals surface area (Å²) in [4.78, 5) is 27.6. The highest BCUT2D eigenvalue weighted by Crippen LogP contribution is 2.22. The summed E-state index contributed by atoms with van der Waals surface area (Å²) < 4.78 is 1.18. The van der Waals surface area contributed by atoms with Crippen molar-refractivity contribution in [1.29, 1.82) is 0 Å². The normalized spacial score (nSPS) is 12.5. The quantitative estimate of drug-likeness (QED) is 0.678. The number of carboxylic acid groups (broad SMARTS) is 1. The summed E-state index contributed by atoms with van der Waals surface area (Å²) in [5.41, 5.74) is 1.02. The van der Waals surface area contributed by atoms with Crippen molar-refractivity contribution in [2.24, 2.45) is 5.92 Å². The van der Waals surface area contributed by atoms with E-state index in [0.717, 1.165) is 29.8 Å². The molecule has 1 heterocycles. The number of carbonyl (C=O) groups excluding carboxylic acids is 1. The molecule has 1 aromatic carbocycles. The standard InChI is InChI=1S/C18H24N2O3S/c1-12(2)11-14(18(22)23)19-16(21)9-5-6-10-17-20-13-7-3-4-8-15(13)24-17/h3-4,7-8,12,14H,5-6,9-11H2,1-2H3,(H,19,21)(H,22,23)/t14-/m1/s1. The van der Waals surface area contributed by atoms with Crippen LogP contribution in [0.1, 0.15) is 44.5 Å². The lowest BCUT2D eigenvalue weighted by Gasteiger charge is -2.16. The molecule has 0 aliphatic heterocycles. The molecule has 0 unspecified atom stereocenters. The molecule has 2 rings (SSSR count). The Balaban J connectivity index is 1.73. The van der Waals surface area contributed by atoms with Crippen LogP contribution in [0.4, 0.5) is 0 Å². The monoisotopic (exact) mass is 348 g/mol. The highest BCUT2D eigenvalue weighted by Gasteiger charge is 2.20. The fraction of sp³-hybridized carbons (Fsp3) is 0.500. The molecule has 0 aliphatic rings. The average Bonchev–Trinajstić information content (AvgIpc) is 2.93. The average molecular weight is 348 g/mol. The molecule has 0 aliphatic carbocycles.